The topological polar surface area (TPSA) is 73.8 Å². The maximum Gasteiger partial charge on any atom is 0.211 e. The molecular weight excluding hydrogens is 300 g/mol. The summed E-state index contributed by atoms with van der Waals surface area (Å²) in [4.78, 5) is 4.17. The Kier molecular flexibility index (Phi) is 11.3. The van der Waals surface area contributed by atoms with Gasteiger partial charge < -0.3 is 10.6 Å². The van der Waals surface area contributed by atoms with Gasteiger partial charge in [-0.3, -0.25) is 4.99 Å². The van der Waals surface area contributed by atoms with Crippen LogP contribution in [-0.2, 0) is 10.0 Å². The SMILES string of the molecule is CCN(CCCNC(=NC)NCCCCC(C)C)S(C)(=O)=O. The van der Waals surface area contributed by atoms with Crippen LogP contribution in [-0.4, -0.2) is 58.2 Å². The molecule has 0 saturated carbocycles. The monoisotopic (exact) mass is 334 g/mol. The lowest BCUT2D eigenvalue weighted by Gasteiger charge is -2.18. The highest BCUT2D eigenvalue weighted by Crippen LogP contribution is 2.05. The van der Waals surface area contributed by atoms with Gasteiger partial charge in [0.1, 0.15) is 0 Å². The molecule has 0 fully saturated rings. The quantitative estimate of drug-likeness (QED) is 0.342. The standard InChI is InChI=1S/C15H34N4O2S/c1-6-19(22(5,20)21)13-9-12-18-15(16-4)17-11-8-7-10-14(2)3/h14H,6-13H2,1-5H3,(H2,16,17,18). The second-order valence-corrected chi connectivity index (χ2v) is 7.91. The summed E-state index contributed by atoms with van der Waals surface area (Å²) < 4.78 is 24.4. The van der Waals surface area contributed by atoms with Crippen LogP contribution in [0.4, 0.5) is 0 Å². The van der Waals surface area contributed by atoms with Gasteiger partial charge in [0.15, 0.2) is 5.96 Å². The largest absolute Gasteiger partial charge is 0.356 e. The Morgan fingerprint density at radius 1 is 1.14 bits per heavy atom. The lowest BCUT2D eigenvalue weighted by atomic mass is 10.1. The van der Waals surface area contributed by atoms with E-state index in [0.29, 0.717) is 19.6 Å². The van der Waals surface area contributed by atoms with Gasteiger partial charge in [-0.15, -0.1) is 0 Å². The van der Waals surface area contributed by atoms with Crippen molar-refractivity contribution in [3.63, 3.8) is 0 Å². The minimum Gasteiger partial charge on any atom is -0.356 e. The third kappa shape index (κ3) is 10.8. The van der Waals surface area contributed by atoms with E-state index < -0.39 is 10.0 Å². The lowest BCUT2D eigenvalue weighted by molar-refractivity contribution is 0.424. The van der Waals surface area contributed by atoms with Crippen LogP contribution in [0.5, 0.6) is 0 Å². The van der Waals surface area contributed by atoms with E-state index in [1.165, 1.54) is 23.4 Å². The predicted molar refractivity (Wildman–Crippen MR) is 94.8 cm³/mol. The van der Waals surface area contributed by atoms with Crippen molar-refractivity contribution < 1.29 is 8.42 Å². The average Bonchev–Trinajstić information content (AvgIpc) is 2.42. The van der Waals surface area contributed by atoms with E-state index in [-0.39, 0.29) is 0 Å². The highest BCUT2D eigenvalue weighted by molar-refractivity contribution is 7.88. The van der Waals surface area contributed by atoms with Crippen LogP contribution in [0.1, 0.15) is 46.5 Å². The number of hydrogen-bond donors (Lipinski definition) is 2. The minimum absolute atomic E-state index is 0.516. The molecule has 0 atom stereocenters. The van der Waals surface area contributed by atoms with Crippen LogP contribution in [0.3, 0.4) is 0 Å². The zero-order chi connectivity index (χ0) is 17.0. The molecule has 0 heterocycles. The fourth-order valence-corrected chi connectivity index (χ4v) is 3.06. The second kappa shape index (κ2) is 11.7. The molecule has 2 N–H and O–H groups in total. The average molecular weight is 335 g/mol. The van der Waals surface area contributed by atoms with Crippen molar-refractivity contribution in [1.29, 1.82) is 0 Å². The van der Waals surface area contributed by atoms with Crippen LogP contribution in [0, 0.1) is 5.92 Å². The zero-order valence-electron chi connectivity index (χ0n) is 14.9. The van der Waals surface area contributed by atoms with Crippen molar-refractivity contribution in [2.45, 2.75) is 46.5 Å². The number of guanidine groups is 1. The predicted octanol–water partition coefficient (Wildman–Crippen LogP) is 1.65. The molecule has 0 rings (SSSR count). The van der Waals surface area contributed by atoms with Crippen LogP contribution in [0.2, 0.25) is 0 Å². The molecular formula is C15H34N4O2S. The Bertz CT molecular complexity index is 408. The molecule has 6 nitrogen and oxygen atoms in total. The number of nitrogens with one attached hydrogen (secondary N) is 2. The highest BCUT2D eigenvalue weighted by atomic mass is 32.2. The summed E-state index contributed by atoms with van der Waals surface area (Å²) in [5.41, 5.74) is 0. The molecule has 0 aromatic rings. The van der Waals surface area contributed by atoms with Gasteiger partial charge >= 0.3 is 0 Å². The summed E-state index contributed by atoms with van der Waals surface area (Å²) in [5, 5.41) is 6.50. The first-order chi connectivity index (χ1) is 10.3. The van der Waals surface area contributed by atoms with Gasteiger partial charge in [-0.1, -0.05) is 33.6 Å². The van der Waals surface area contributed by atoms with Gasteiger partial charge in [0, 0.05) is 33.2 Å². The van der Waals surface area contributed by atoms with E-state index in [4.69, 9.17) is 0 Å². The van der Waals surface area contributed by atoms with Crippen molar-refractivity contribution in [3.8, 4) is 0 Å². The van der Waals surface area contributed by atoms with E-state index in [2.05, 4.69) is 29.5 Å². The molecule has 0 aromatic carbocycles. The second-order valence-electron chi connectivity index (χ2n) is 5.92. The number of rotatable bonds is 11. The highest BCUT2D eigenvalue weighted by Gasteiger charge is 2.13. The van der Waals surface area contributed by atoms with Crippen LogP contribution in [0.25, 0.3) is 0 Å². The number of sulfonamides is 1. The maximum atomic E-state index is 11.5. The number of hydrogen-bond acceptors (Lipinski definition) is 3. The van der Waals surface area contributed by atoms with Crippen molar-refractivity contribution in [2.24, 2.45) is 10.9 Å². The Morgan fingerprint density at radius 2 is 1.73 bits per heavy atom. The Labute approximate surface area is 136 Å². The van der Waals surface area contributed by atoms with Crippen molar-refractivity contribution in [3.05, 3.63) is 0 Å². The summed E-state index contributed by atoms with van der Waals surface area (Å²) in [5.74, 6) is 1.54. The zero-order valence-corrected chi connectivity index (χ0v) is 15.7. The third-order valence-electron chi connectivity index (χ3n) is 3.42. The van der Waals surface area contributed by atoms with Gasteiger partial charge in [0.05, 0.1) is 6.26 Å². The molecule has 7 heteroatoms. The smallest absolute Gasteiger partial charge is 0.211 e. The number of nitrogens with zero attached hydrogens (tertiary/aromatic N) is 2. The molecule has 0 unspecified atom stereocenters. The third-order valence-corrected chi connectivity index (χ3v) is 4.80. The fraction of sp³-hybridized carbons (Fsp3) is 0.933. The molecule has 22 heavy (non-hydrogen) atoms. The van der Waals surface area contributed by atoms with Gasteiger partial charge in [0.25, 0.3) is 0 Å². The van der Waals surface area contributed by atoms with Gasteiger partial charge in [-0.05, 0) is 18.8 Å². The molecule has 0 bridgehead atoms. The molecule has 0 amide bonds. The first-order valence-corrected chi connectivity index (χ1v) is 10.1. The summed E-state index contributed by atoms with van der Waals surface area (Å²) in [6, 6.07) is 0. The number of aliphatic imine (C=N–C) groups is 1. The molecule has 132 valence electrons. The minimum atomic E-state index is -3.09. The molecule has 0 aromatic heterocycles. The molecule has 0 aliphatic rings. The van der Waals surface area contributed by atoms with Gasteiger partial charge in [-0.2, -0.15) is 0 Å². The summed E-state index contributed by atoms with van der Waals surface area (Å²) in [6.45, 7) is 9.00. The van der Waals surface area contributed by atoms with Crippen LogP contribution < -0.4 is 10.6 Å². The van der Waals surface area contributed by atoms with Crippen molar-refractivity contribution in [2.75, 3.05) is 39.5 Å². The molecule has 0 aliphatic carbocycles. The van der Waals surface area contributed by atoms with Crippen LogP contribution >= 0.6 is 0 Å². The maximum absolute atomic E-state index is 11.5. The van der Waals surface area contributed by atoms with Crippen molar-refractivity contribution in [1.82, 2.24) is 14.9 Å². The molecule has 0 aliphatic heterocycles. The van der Waals surface area contributed by atoms with E-state index in [1.54, 1.807) is 7.05 Å². The van der Waals surface area contributed by atoms with Gasteiger partial charge in [0.2, 0.25) is 10.0 Å². The van der Waals surface area contributed by atoms with E-state index in [9.17, 15) is 8.42 Å². The first kappa shape index (κ1) is 21.2. The van der Waals surface area contributed by atoms with E-state index >= 15 is 0 Å². The van der Waals surface area contributed by atoms with E-state index in [0.717, 1.165) is 31.3 Å². The fourth-order valence-electron chi connectivity index (χ4n) is 2.13. The molecule has 0 radical (unpaired) electrons. The first-order valence-electron chi connectivity index (χ1n) is 8.20. The molecule has 0 spiro atoms. The van der Waals surface area contributed by atoms with Gasteiger partial charge in [-0.25, -0.2) is 12.7 Å². The summed E-state index contributed by atoms with van der Waals surface area (Å²) in [6.07, 6.45) is 5.63. The lowest BCUT2D eigenvalue weighted by Crippen LogP contribution is -2.39. The number of unbranched alkanes of at least 4 members (excludes halogenated alkanes) is 1. The van der Waals surface area contributed by atoms with Crippen molar-refractivity contribution >= 4 is 16.0 Å². The van der Waals surface area contributed by atoms with E-state index in [1.807, 2.05) is 6.92 Å². The molecule has 0 saturated heterocycles. The summed E-state index contributed by atoms with van der Waals surface area (Å²) in [7, 11) is -1.34. The Morgan fingerprint density at radius 3 is 2.18 bits per heavy atom. The normalized spacial score (nSPS) is 13.0. The van der Waals surface area contributed by atoms with Crippen LogP contribution in [0.15, 0.2) is 4.99 Å². The Balaban J connectivity index is 3.83. The Hall–Kier alpha value is -0.820. The summed E-state index contributed by atoms with van der Waals surface area (Å²) >= 11 is 0.